The first-order valence-electron chi connectivity index (χ1n) is 8.95. The molecule has 1 aliphatic heterocycles. The van der Waals surface area contributed by atoms with Crippen molar-refractivity contribution in [3.05, 3.63) is 59.7 Å². The molecule has 7 nitrogen and oxygen atoms in total. The van der Waals surface area contributed by atoms with Crippen LogP contribution in [-0.2, 0) is 16.0 Å². The summed E-state index contributed by atoms with van der Waals surface area (Å²) in [6.45, 7) is -0.337. The molecule has 1 fully saturated rings. The average molecular weight is 385 g/mol. The van der Waals surface area contributed by atoms with Crippen LogP contribution in [0.25, 0.3) is 0 Å². The van der Waals surface area contributed by atoms with Crippen LogP contribution in [0, 0.1) is 0 Å². The number of aliphatic hydroxyl groups excluding tert-OH is 1. The van der Waals surface area contributed by atoms with Gasteiger partial charge in [0.05, 0.1) is 32.8 Å². The van der Waals surface area contributed by atoms with Crippen LogP contribution in [0.15, 0.2) is 48.5 Å². The fraction of sp³-hybridized carbons (Fsp3) is 0.333. The molecule has 148 valence electrons. The van der Waals surface area contributed by atoms with Gasteiger partial charge in [-0.2, -0.15) is 0 Å². The van der Waals surface area contributed by atoms with Gasteiger partial charge in [-0.05, 0) is 29.7 Å². The number of nitrogens with zero attached hydrogens (tertiary/aromatic N) is 1. The Morgan fingerprint density at radius 1 is 1.18 bits per heavy atom. The predicted molar refractivity (Wildman–Crippen MR) is 102 cm³/mol. The summed E-state index contributed by atoms with van der Waals surface area (Å²) in [5, 5.41) is 9.92. The highest BCUT2D eigenvalue weighted by molar-refractivity contribution is 5.97. The largest absolute Gasteiger partial charge is 0.497 e. The van der Waals surface area contributed by atoms with Gasteiger partial charge in [0.15, 0.2) is 0 Å². The highest BCUT2D eigenvalue weighted by Gasteiger charge is 2.41. The molecule has 1 saturated heterocycles. The lowest BCUT2D eigenvalue weighted by Gasteiger charge is -2.24. The molecular weight excluding hydrogens is 362 g/mol. The third-order valence-electron chi connectivity index (χ3n) is 4.77. The van der Waals surface area contributed by atoms with Crippen molar-refractivity contribution in [2.45, 2.75) is 18.4 Å². The van der Waals surface area contributed by atoms with Crippen LogP contribution in [0.1, 0.15) is 17.0 Å². The van der Waals surface area contributed by atoms with Gasteiger partial charge in [-0.1, -0.05) is 30.3 Å². The van der Waals surface area contributed by atoms with E-state index in [4.69, 9.17) is 14.2 Å². The molecule has 1 heterocycles. The maximum Gasteiger partial charge on any atom is 0.417 e. The molecule has 2 atom stereocenters. The Morgan fingerprint density at radius 2 is 1.82 bits per heavy atom. The van der Waals surface area contributed by atoms with E-state index in [0.717, 1.165) is 10.5 Å². The van der Waals surface area contributed by atoms with Crippen LogP contribution in [0.4, 0.5) is 4.79 Å². The standard InChI is InChI=1S/C21H23NO6/c1-26-17-9-15(10-18(11-17)27-2)19(12-23)20(24)22-16(13-28-21(22)25)8-14-6-4-3-5-7-14/h3-7,9-11,16,19,23H,8,12-13H2,1-2H3/t16-,19-/m1/s1. The van der Waals surface area contributed by atoms with Gasteiger partial charge >= 0.3 is 6.09 Å². The average Bonchev–Trinajstić information content (AvgIpc) is 3.08. The van der Waals surface area contributed by atoms with Crippen molar-refractivity contribution < 1.29 is 28.9 Å². The summed E-state index contributed by atoms with van der Waals surface area (Å²) < 4.78 is 15.6. The summed E-state index contributed by atoms with van der Waals surface area (Å²) in [7, 11) is 3.00. The quantitative estimate of drug-likeness (QED) is 0.788. The summed E-state index contributed by atoms with van der Waals surface area (Å²) in [5.41, 5.74) is 1.49. The molecule has 28 heavy (non-hydrogen) atoms. The van der Waals surface area contributed by atoms with E-state index >= 15 is 0 Å². The number of aliphatic hydroxyl groups is 1. The molecule has 0 bridgehead atoms. The van der Waals surface area contributed by atoms with Crippen molar-refractivity contribution in [2.75, 3.05) is 27.4 Å². The second kappa shape index (κ2) is 8.75. The molecule has 3 rings (SSSR count). The van der Waals surface area contributed by atoms with E-state index in [9.17, 15) is 14.7 Å². The fourth-order valence-electron chi connectivity index (χ4n) is 3.29. The van der Waals surface area contributed by atoms with Crippen molar-refractivity contribution in [2.24, 2.45) is 0 Å². The first-order valence-corrected chi connectivity index (χ1v) is 8.95. The summed E-state index contributed by atoms with van der Waals surface area (Å²) in [4.78, 5) is 26.5. The maximum absolute atomic E-state index is 13.2. The first-order chi connectivity index (χ1) is 13.6. The molecule has 0 saturated carbocycles. The maximum atomic E-state index is 13.2. The van der Waals surface area contributed by atoms with Gasteiger partial charge in [0.2, 0.25) is 5.91 Å². The van der Waals surface area contributed by atoms with E-state index in [1.807, 2.05) is 30.3 Å². The molecule has 0 unspecified atom stereocenters. The third-order valence-corrected chi connectivity index (χ3v) is 4.77. The molecule has 7 heteroatoms. The van der Waals surface area contributed by atoms with Gasteiger partial charge in [0.25, 0.3) is 0 Å². The molecule has 0 spiro atoms. The zero-order chi connectivity index (χ0) is 20.1. The topological polar surface area (TPSA) is 85.3 Å². The van der Waals surface area contributed by atoms with E-state index in [-0.39, 0.29) is 6.61 Å². The molecule has 2 aromatic carbocycles. The first kappa shape index (κ1) is 19.7. The van der Waals surface area contributed by atoms with E-state index in [1.165, 1.54) is 14.2 Å². The number of ether oxygens (including phenoxy) is 3. The normalized spacial score (nSPS) is 17.2. The van der Waals surface area contributed by atoms with Crippen LogP contribution in [0.5, 0.6) is 11.5 Å². The number of methoxy groups -OCH3 is 2. The minimum absolute atomic E-state index is 0.124. The minimum atomic E-state index is -0.937. The van der Waals surface area contributed by atoms with E-state index in [1.54, 1.807) is 18.2 Å². The summed E-state index contributed by atoms with van der Waals surface area (Å²) in [5.74, 6) is -0.468. The Kier molecular flexibility index (Phi) is 6.16. The van der Waals surface area contributed by atoms with Crippen LogP contribution in [-0.4, -0.2) is 55.5 Å². The van der Waals surface area contributed by atoms with Gasteiger partial charge < -0.3 is 19.3 Å². The Bertz CT molecular complexity index is 816. The Balaban J connectivity index is 1.87. The lowest BCUT2D eigenvalue weighted by atomic mass is 9.96. The second-order valence-electron chi connectivity index (χ2n) is 6.51. The number of hydrogen-bond acceptors (Lipinski definition) is 6. The SMILES string of the molecule is COc1cc(OC)cc([C@@H](CO)C(=O)N2C(=O)OC[C@H]2Cc2ccccc2)c1. The smallest absolute Gasteiger partial charge is 0.417 e. The molecule has 0 aliphatic carbocycles. The van der Waals surface area contributed by atoms with E-state index in [0.29, 0.717) is 23.5 Å². The van der Waals surface area contributed by atoms with Crippen molar-refractivity contribution in [3.8, 4) is 11.5 Å². The number of carbonyl (C=O) groups excluding carboxylic acids is 2. The Morgan fingerprint density at radius 3 is 2.39 bits per heavy atom. The monoisotopic (exact) mass is 385 g/mol. The molecule has 2 aromatic rings. The summed E-state index contributed by atoms with van der Waals surface area (Å²) >= 11 is 0. The number of amides is 2. The van der Waals surface area contributed by atoms with Gasteiger partial charge in [0.1, 0.15) is 18.1 Å². The minimum Gasteiger partial charge on any atom is -0.497 e. The summed E-state index contributed by atoms with van der Waals surface area (Å²) in [6, 6.07) is 14.1. The number of carbonyl (C=O) groups is 2. The molecule has 1 N–H and O–H groups in total. The van der Waals surface area contributed by atoms with Gasteiger partial charge in [-0.15, -0.1) is 0 Å². The van der Waals surface area contributed by atoms with Crippen LogP contribution in [0.3, 0.4) is 0 Å². The van der Waals surface area contributed by atoms with Crippen molar-refractivity contribution >= 4 is 12.0 Å². The number of imide groups is 1. The van der Waals surface area contributed by atoms with Crippen LogP contribution in [0.2, 0.25) is 0 Å². The van der Waals surface area contributed by atoms with E-state index < -0.39 is 30.6 Å². The zero-order valence-corrected chi connectivity index (χ0v) is 15.8. The Hall–Kier alpha value is -3.06. The number of rotatable bonds is 7. The van der Waals surface area contributed by atoms with Gasteiger partial charge in [0, 0.05) is 6.07 Å². The highest BCUT2D eigenvalue weighted by Crippen LogP contribution is 2.30. The van der Waals surface area contributed by atoms with Gasteiger partial charge in [-0.25, -0.2) is 9.69 Å². The predicted octanol–water partition coefficient (Wildman–Crippen LogP) is 2.37. The zero-order valence-electron chi connectivity index (χ0n) is 15.8. The Labute approximate surface area is 163 Å². The molecule has 0 aromatic heterocycles. The number of hydrogen-bond donors (Lipinski definition) is 1. The lowest BCUT2D eigenvalue weighted by Crippen LogP contribution is -2.43. The molecular formula is C21H23NO6. The fourth-order valence-corrected chi connectivity index (χ4v) is 3.29. The molecule has 0 radical (unpaired) electrons. The van der Waals surface area contributed by atoms with Crippen molar-refractivity contribution in [1.82, 2.24) is 4.90 Å². The van der Waals surface area contributed by atoms with Crippen molar-refractivity contribution in [1.29, 1.82) is 0 Å². The third kappa shape index (κ3) is 4.09. The number of benzene rings is 2. The van der Waals surface area contributed by atoms with Crippen LogP contribution >= 0.6 is 0 Å². The lowest BCUT2D eigenvalue weighted by molar-refractivity contribution is -0.131. The van der Waals surface area contributed by atoms with E-state index in [2.05, 4.69) is 0 Å². The van der Waals surface area contributed by atoms with Crippen molar-refractivity contribution in [3.63, 3.8) is 0 Å². The molecule has 2 amide bonds. The number of cyclic esters (lactones) is 1. The second-order valence-corrected chi connectivity index (χ2v) is 6.51. The van der Waals surface area contributed by atoms with Gasteiger partial charge in [-0.3, -0.25) is 4.79 Å². The highest BCUT2D eigenvalue weighted by atomic mass is 16.6. The van der Waals surface area contributed by atoms with Crippen LogP contribution < -0.4 is 9.47 Å². The summed E-state index contributed by atoms with van der Waals surface area (Å²) in [6.07, 6.45) is -0.211. The molecule has 1 aliphatic rings.